The first kappa shape index (κ1) is 20.0. The van der Waals surface area contributed by atoms with E-state index >= 15 is 0 Å². The van der Waals surface area contributed by atoms with Crippen LogP contribution in [0.1, 0.15) is 23.4 Å². The number of aromatic nitrogens is 1. The lowest BCUT2D eigenvalue weighted by Gasteiger charge is -2.29. The number of thiazole rings is 1. The van der Waals surface area contributed by atoms with Crippen LogP contribution >= 0.6 is 11.3 Å². The van der Waals surface area contributed by atoms with Gasteiger partial charge in [0, 0.05) is 6.54 Å². The van der Waals surface area contributed by atoms with Crippen LogP contribution in [0.2, 0.25) is 0 Å². The third-order valence-electron chi connectivity index (χ3n) is 5.79. The number of nitrogens with zero attached hydrogens (tertiary/aromatic N) is 1. The van der Waals surface area contributed by atoms with Crippen LogP contribution in [0.15, 0.2) is 54.6 Å². The van der Waals surface area contributed by atoms with Crippen LogP contribution in [-0.4, -0.2) is 50.2 Å². The summed E-state index contributed by atoms with van der Waals surface area (Å²) in [4.78, 5) is 20.1. The molecule has 6 heteroatoms. The fourth-order valence-corrected chi connectivity index (χ4v) is 5.01. The Labute approximate surface area is 176 Å². The van der Waals surface area contributed by atoms with E-state index in [2.05, 4.69) is 42.6 Å². The lowest BCUT2D eigenvalue weighted by molar-refractivity contribution is -1.02. The number of carbonyl (C=O) groups is 1. The van der Waals surface area contributed by atoms with Crippen molar-refractivity contribution in [1.29, 1.82) is 0 Å². The highest BCUT2D eigenvalue weighted by atomic mass is 32.1. The van der Waals surface area contributed by atoms with E-state index in [4.69, 9.17) is 4.98 Å². The van der Waals surface area contributed by atoms with E-state index in [0.717, 1.165) is 38.2 Å². The number of amides is 1. The van der Waals surface area contributed by atoms with Gasteiger partial charge < -0.3 is 15.1 Å². The summed E-state index contributed by atoms with van der Waals surface area (Å²) < 4.78 is 1.27. The second-order valence-corrected chi connectivity index (χ2v) is 9.16. The van der Waals surface area contributed by atoms with Gasteiger partial charge in [-0.05, 0) is 23.6 Å². The number of quaternary nitrogens is 2. The third-order valence-corrected chi connectivity index (χ3v) is 6.82. The average molecular weight is 411 g/mol. The molecule has 4 rings (SSSR count). The zero-order valence-corrected chi connectivity index (χ0v) is 17.8. The summed E-state index contributed by atoms with van der Waals surface area (Å²) in [5.74, 6) is 0.502. The molecule has 3 aromatic rings. The standard InChI is InChI=1S/C23H28N4OS/c1-18(19-7-3-2-4-8-19)15-24-22(28)16-26-11-13-27(14-12-26)17-23-25-20-9-5-6-10-21(20)29-23/h2-10,18H,11-17H2,1H3,(H,24,28)/p+2/t18-/m1/s1. The van der Waals surface area contributed by atoms with Crippen molar-refractivity contribution in [1.82, 2.24) is 10.3 Å². The Bertz CT molecular complexity index is 901. The van der Waals surface area contributed by atoms with Crippen molar-refractivity contribution in [3.8, 4) is 0 Å². The fourth-order valence-electron chi connectivity index (χ4n) is 3.98. The number of nitrogens with one attached hydrogen (secondary N) is 3. The highest BCUT2D eigenvalue weighted by Gasteiger charge is 2.25. The predicted octanol–water partition coefficient (Wildman–Crippen LogP) is 0.500. The topological polar surface area (TPSA) is 50.9 Å². The molecule has 3 N–H and O–H groups in total. The summed E-state index contributed by atoms with van der Waals surface area (Å²) in [5, 5.41) is 4.34. The van der Waals surface area contributed by atoms with Crippen molar-refractivity contribution in [2.75, 3.05) is 39.3 Å². The van der Waals surface area contributed by atoms with Crippen molar-refractivity contribution < 1.29 is 14.6 Å². The van der Waals surface area contributed by atoms with E-state index in [1.807, 2.05) is 24.3 Å². The van der Waals surface area contributed by atoms with Gasteiger partial charge in [-0.1, -0.05) is 49.4 Å². The summed E-state index contributed by atoms with van der Waals surface area (Å²) in [5.41, 5.74) is 2.38. The molecule has 0 spiro atoms. The third kappa shape index (κ3) is 5.41. The maximum absolute atomic E-state index is 12.4. The van der Waals surface area contributed by atoms with Gasteiger partial charge in [-0.15, -0.1) is 11.3 Å². The molecule has 0 aliphatic carbocycles. The maximum Gasteiger partial charge on any atom is 0.275 e. The van der Waals surface area contributed by atoms with E-state index in [-0.39, 0.29) is 5.91 Å². The zero-order valence-electron chi connectivity index (χ0n) is 17.0. The Hall–Kier alpha value is -2.28. The molecule has 1 aliphatic heterocycles. The summed E-state index contributed by atoms with van der Waals surface area (Å²) in [6.07, 6.45) is 0. The monoisotopic (exact) mass is 410 g/mol. The molecule has 1 atom stereocenters. The van der Waals surface area contributed by atoms with E-state index in [0.29, 0.717) is 19.0 Å². The average Bonchev–Trinajstić information content (AvgIpc) is 3.16. The van der Waals surface area contributed by atoms with Crippen LogP contribution in [0.4, 0.5) is 0 Å². The van der Waals surface area contributed by atoms with E-state index in [1.54, 1.807) is 16.2 Å². The van der Waals surface area contributed by atoms with Crippen molar-refractivity contribution >= 4 is 27.5 Å². The Balaban J connectivity index is 1.19. The van der Waals surface area contributed by atoms with Gasteiger partial charge in [0.1, 0.15) is 37.7 Å². The second-order valence-electron chi connectivity index (χ2n) is 8.04. The number of rotatable bonds is 7. The highest BCUT2D eigenvalue weighted by molar-refractivity contribution is 7.18. The Morgan fingerprint density at radius 2 is 1.72 bits per heavy atom. The van der Waals surface area contributed by atoms with Gasteiger partial charge in [-0.25, -0.2) is 4.98 Å². The van der Waals surface area contributed by atoms with Crippen LogP contribution in [0.5, 0.6) is 0 Å². The summed E-state index contributed by atoms with van der Waals surface area (Å²) in [7, 11) is 0. The van der Waals surface area contributed by atoms with Gasteiger partial charge >= 0.3 is 0 Å². The van der Waals surface area contributed by atoms with Crippen molar-refractivity contribution in [3.05, 3.63) is 65.2 Å². The van der Waals surface area contributed by atoms with Gasteiger partial charge in [0.15, 0.2) is 6.54 Å². The number of carbonyl (C=O) groups excluding carboxylic acids is 1. The lowest BCUT2D eigenvalue weighted by atomic mass is 10.0. The number of para-hydroxylation sites is 1. The molecule has 2 aromatic carbocycles. The van der Waals surface area contributed by atoms with Crippen LogP contribution in [0, 0.1) is 0 Å². The molecular weight excluding hydrogens is 380 g/mol. The van der Waals surface area contributed by atoms with Crippen LogP contribution in [-0.2, 0) is 11.3 Å². The summed E-state index contributed by atoms with van der Waals surface area (Å²) >= 11 is 1.81. The van der Waals surface area contributed by atoms with Crippen molar-refractivity contribution in [2.45, 2.75) is 19.4 Å². The molecule has 1 amide bonds. The Morgan fingerprint density at radius 1 is 1.03 bits per heavy atom. The summed E-state index contributed by atoms with van der Waals surface area (Å²) in [6, 6.07) is 18.7. The fraction of sp³-hybridized carbons (Fsp3) is 0.391. The molecule has 1 aliphatic rings. The van der Waals surface area contributed by atoms with Crippen LogP contribution in [0.3, 0.4) is 0 Å². The van der Waals surface area contributed by atoms with E-state index < -0.39 is 0 Å². The zero-order chi connectivity index (χ0) is 20.1. The maximum atomic E-state index is 12.4. The van der Waals surface area contributed by atoms with E-state index in [1.165, 1.54) is 20.2 Å². The normalized spacial score (nSPS) is 20.4. The lowest BCUT2D eigenvalue weighted by Crippen LogP contribution is -3.28. The van der Waals surface area contributed by atoms with Gasteiger partial charge in [-0.2, -0.15) is 0 Å². The molecule has 1 aromatic heterocycles. The molecule has 0 bridgehead atoms. The number of fused-ring (bicyclic) bond motifs is 1. The molecular formula is C23H30N4OS+2. The molecule has 152 valence electrons. The minimum atomic E-state index is 0.164. The Morgan fingerprint density at radius 3 is 2.48 bits per heavy atom. The number of hydrogen-bond acceptors (Lipinski definition) is 3. The quantitative estimate of drug-likeness (QED) is 0.531. The highest BCUT2D eigenvalue weighted by Crippen LogP contribution is 2.20. The van der Waals surface area contributed by atoms with Crippen molar-refractivity contribution in [2.24, 2.45) is 0 Å². The van der Waals surface area contributed by atoms with E-state index in [9.17, 15) is 4.79 Å². The first-order valence-electron chi connectivity index (χ1n) is 10.5. The van der Waals surface area contributed by atoms with Crippen LogP contribution < -0.4 is 15.1 Å². The SMILES string of the molecule is C[C@H](CNC(=O)C[NH+]1CC[NH+](Cc2nc3ccccc3s2)CC1)c1ccccc1. The summed E-state index contributed by atoms with van der Waals surface area (Å²) in [6.45, 7) is 8.71. The Kier molecular flexibility index (Phi) is 6.54. The predicted molar refractivity (Wildman–Crippen MR) is 117 cm³/mol. The molecule has 0 saturated carbocycles. The minimum absolute atomic E-state index is 0.164. The molecule has 0 unspecified atom stereocenters. The van der Waals surface area contributed by atoms with Gasteiger partial charge in [0.2, 0.25) is 0 Å². The second kappa shape index (κ2) is 9.48. The largest absolute Gasteiger partial charge is 0.351 e. The first-order valence-corrected chi connectivity index (χ1v) is 11.3. The molecule has 2 heterocycles. The van der Waals surface area contributed by atoms with Gasteiger partial charge in [0.25, 0.3) is 5.91 Å². The molecule has 1 fully saturated rings. The van der Waals surface area contributed by atoms with Crippen molar-refractivity contribution in [3.63, 3.8) is 0 Å². The number of piperazine rings is 1. The minimum Gasteiger partial charge on any atom is -0.351 e. The number of benzene rings is 2. The smallest absolute Gasteiger partial charge is 0.275 e. The van der Waals surface area contributed by atoms with Crippen LogP contribution in [0.25, 0.3) is 10.2 Å². The first-order chi connectivity index (χ1) is 14.2. The molecule has 29 heavy (non-hydrogen) atoms. The van der Waals surface area contributed by atoms with Gasteiger partial charge in [-0.3, -0.25) is 4.79 Å². The molecule has 1 saturated heterocycles. The molecule has 5 nitrogen and oxygen atoms in total. The number of hydrogen-bond donors (Lipinski definition) is 3. The van der Waals surface area contributed by atoms with Gasteiger partial charge in [0.05, 0.1) is 10.2 Å². The molecule has 0 radical (unpaired) electrons.